The molecule has 3 rings (SSSR count). The van der Waals surface area contributed by atoms with Gasteiger partial charge in [-0.25, -0.2) is 4.79 Å². The Kier molecular flexibility index (Phi) is 3.26. The van der Waals surface area contributed by atoms with Crippen LogP contribution >= 0.6 is 27.3 Å². The number of carboxylic acid groups (broad SMARTS) is 1. The van der Waals surface area contributed by atoms with Gasteiger partial charge in [0.1, 0.15) is 0 Å². The molecule has 102 valence electrons. The molecule has 1 aromatic heterocycles. The molecule has 3 atom stereocenters. The highest BCUT2D eigenvalue weighted by molar-refractivity contribution is 9.11. The highest BCUT2D eigenvalue weighted by atomic mass is 79.9. The van der Waals surface area contributed by atoms with Crippen LogP contribution in [-0.4, -0.2) is 40.1 Å². The van der Waals surface area contributed by atoms with Crippen LogP contribution in [0.25, 0.3) is 0 Å². The van der Waals surface area contributed by atoms with Crippen LogP contribution in [0.4, 0.5) is 4.79 Å². The van der Waals surface area contributed by atoms with Gasteiger partial charge in [0, 0.05) is 6.04 Å². The summed E-state index contributed by atoms with van der Waals surface area (Å²) >= 11 is 4.71. The molecule has 2 amide bonds. The zero-order valence-electron chi connectivity index (χ0n) is 10.0. The summed E-state index contributed by atoms with van der Waals surface area (Å²) in [6.45, 7) is 0. The fraction of sp³-hybridized carbons (Fsp3) is 0.500. The molecule has 7 heteroatoms. The molecule has 0 saturated carbocycles. The SMILES string of the molecule is O=C(N[C@@H]1C[C@H]2CC[C@@H]1N2C(=O)O)c1ccc(Br)s1. The van der Waals surface area contributed by atoms with Crippen LogP contribution in [0.15, 0.2) is 15.9 Å². The Balaban J connectivity index is 1.69. The van der Waals surface area contributed by atoms with Gasteiger partial charge in [-0.2, -0.15) is 0 Å². The van der Waals surface area contributed by atoms with E-state index in [0.717, 1.165) is 23.0 Å². The third-order valence-corrected chi connectivity index (χ3v) is 5.49. The molecule has 0 radical (unpaired) electrons. The van der Waals surface area contributed by atoms with Gasteiger partial charge in [-0.3, -0.25) is 4.79 Å². The number of halogens is 1. The minimum Gasteiger partial charge on any atom is -0.465 e. The van der Waals surface area contributed by atoms with Gasteiger partial charge in [0.2, 0.25) is 0 Å². The van der Waals surface area contributed by atoms with Crippen LogP contribution in [-0.2, 0) is 0 Å². The lowest BCUT2D eigenvalue weighted by Crippen LogP contribution is -2.44. The Labute approximate surface area is 122 Å². The van der Waals surface area contributed by atoms with E-state index in [0.29, 0.717) is 4.88 Å². The topological polar surface area (TPSA) is 69.6 Å². The average molecular weight is 345 g/mol. The molecule has 2 aliphatic rings. The second kappa shape index (κ2) is 4.79. The van der Waals surface area contributed by atoms with Gasteiger partial charge in [0.25, 0.3) is 5.91 Å². The number of nitrogens with zero attached hydrogens (tertiary/aromatic N) is 1. The minimum atomic E-state index is -0.872. The normalized spacial score (nSPS) is 28.7. The van der Waals surface area contributed by atoms with Crippen LogP contribution < -0.4 is 5.32 Å². The van der Waals surface area contributed by atoms with E-state index in [-0.39, 0.29) is 24.0 Å². The summed E-state index contributed by atoms with van der Waals surface area (Å²) in [5.74, 6) is -0.112. The van der Waals surface area contributed by atoms with Crippen LogP contribution in [0.1, 0.15) is 28.9 Å². The maximum atomic E-state index is 12.1. The Morgan fingerprint density at radius 3 is 2.79 bits per heavy atom. The van der Waals surface area contributed by atoms with Crippen molar-refractivity contribution in [2.24, 2.45) is 0 Å². The molecule has 2 N–H and O–H groups in total. The second-order valence-corrected chi connectivity index (χ2v) is 7.37. The van der Waals surface area contributed by atoms with Crippen molar-refractivity contribution in [1.29, 1.82) is 0 Å². The molecular weight excluding hydrogens is 332 g/mol. The van der Waals surface area contributed by atoms with Crippen LogP contribution in [0.2, 0.25) is 0 Å². The van der Waals surface area contributed by atoms with Crippen LogP contribution in [0.3, 0.4) is 0 Å². The van der Waals surface area contributed by atoms with Crippen molar-refractivity contribution in [3.05, 3.63) is 20.8 Å². The van der Waals surface area contributed by atoms with Crippen LogP contribution in [0.5, 0.6) is 0 Å². The van der Waals surface area contributed by atoms with E-state index in [4.69, 9.17) is 0 Å². The van der Waals surface area contributed by atoms with Gasteiger partial charge < -0.3 is 15.3 Å². The highest BCUT2D eigenvalue weighted by Gasteiger charge is 2.49. The number of carbonyl (C=O) groups excluding carboxylic acids is 1. The molecule has 2 aliphatic heterocycles. The lowest BCUT2D eigenvalue weighted by molar-refractivity contribution is 0.0925. The van der Waals surface area contributed by atoms with E-state index in [2.05, 4.69) is 21.2 Å². The summed E-state index contributed by atoms with van der Waals surface area (Å²) in [7, 11) is 0. The van der Waals surface area contributed by atoms with E-state index < -0.39 is 6.09 Å². The fourth-order valence-corrected chi connectivity index (χ4v) is 4.41. The lowest BCUT2D eigenvalue weighted by atomic mass is 9.95. The third-order valence-electron chi connectivity index (χ3n) is 3.87. The molecule has 0 unspecified atom stereocenters. The number of rotatable bonds is 2. The number of hydrogen-bond acceptors (Lipinski definition) is 3. The van der Waals surface area contributed by atoms with Crippen molar-refractivity contribution in [3.8, 4) is 0 Å². The monoisotopic (exact) mass is 344 g/mol. The smallest absolute Gasteiger partial charge is 0.407 e. The minimum absolute atomic E-state index is 0.0526. The fourth-order valence-electron chi connectivity index (χ4n) is 3.12. The van der Waals surface area contributed by atoms with E-state index >= 15 is 0 Å². The lowest BCUT2D eigenvalue weighted by Gasteiger charge is -2.22. The van der Waals surface area contributed by atoms with Crippen LogP contribution in [0, 0.1) is 0 Å². The summed E-state index contributed by atoms with van der Waals surface area (Å²) < 4.78 is 0.915. The second-order valence-electron chi connectivity index (χ2n) is 4.91. The highest BCUT2D eigenvalue weighted by Crippen LogP contribution is 2.38. The number of fused-ring (bicyclic) bond motifs is 2. The Bertz CT molecular complexity index is 533. The molecule has 3 heterocycles. The maximum absolute atomic E-state index is 12.1. The van der Waals surface area contributed by atoms with E-state index in [1.807, 2.05) is 6.07 Å². The molecule has 0 aromatic carbocycles. The van der Waals surface area contributed by atoms with Gasteiger partial charge in [-0.05, 0) is 47.3 Å². The molecule has 5 nitrogen and oxygen atoms in total. The molecule has 19 heavy (non-hydrogen) atoms. The zero-order valence-corrected chi connectivity index (χ0v) is 12.4. The summed E-state index contributed by atoms with van der Waals surface area (Å²) in [4.78, 5) is 25.4. The summed E-state index contributed by atoms with van der Waals surface area (Å²) in [6, 6.07) is 3.57. The number of thiophene rings is 1. The van der Waals surface area contributed by atoms with Crippen molar-refractivity contribution >= 4 is 39.3 Å². The van der Waals surface area contributed by atoms with E-state index in [9.17, 15) is 14.7 Å². The van der Waals surface area contributed by atoms with Gasteiger partial charge in [-0.15, -0.1) is 11.3 Å². The van der Waals surface area contributed by atoms with Crippen molar-refractivity contribution in [1.82, 2.24) is 10.2 Å². The van der Waals surface area contributed by atoms with Crippen molar-refractivity contribution in [2.75, 3.05) is 0 Å². The van der Waals surface area contributed by atoms with E-state index in [1.54, 1.807) is 6.07 Å². The largest absolute Gasteiger partial charge is 0.465 e. The first-order valence-electron chi connectivity index (χ1n) is 6.13. The Hall–Kier alpha value is -1.08. The average Bonchev–Trinajstić information content (AvgIpc) is 3.02. The predicted molar refractivity (Wildman–Crippen MR) is 74.6 cm³/mol. The van der Waals surface area contributed by atoms with Gasteiger partial charge in [-0.1, -0.05) is 0 Å². The summed E-state index contributed by atoms with van der Waals surface area (Å²) in [6.07, 6.45) is 1.61. The number of nitrogens with one attached hydrogen (secondary N) is 1. The molecule has 0 spiro atoms. The molecule has 2 fully saturated rings. The first-order chi connectivity index (χ1) is 9.06. The standard InChI is InChI=1S/C12H13BrN2O3S/c13-10-4-3-9(19-10)11(16)14-7-5-6-1-2-8(7)15(6)12(17)18/h3-4,6-8H,1-2,5H2,(H,14,16)(H,17,18)/t6-,7-,8+/m1/s1. The van der Waals surface area contributed by atoms with Gasteiger partial charge >= 0.3 is 6.09 Å². The molecular formula is C12H13BrN2O3S. The summed E-state index contributed by atoms with van der Waals surface area (Å²) in [5, 5.41) is 12.1. The van der Waals surface area contributed by atoms with E-state index in [1.165, 1.54) is 16.2 Å². The summed E-state index contributed by atoms with van der Waals surface area (Å²) in [5.41, 5.74) is 0. The quantitative estimate of drug-likeness (QED) is 0.865. The molecule has 2 saturated heterocycles. The number of amides is 2. The predicted octanol–water partition coefficient (Wildman–Crippen LogP) is 2.52. The molecule has 0 aliphatic carbocycles. The molecule has 2 bridgehead atoms. The number of hydrogen-bond donors (Lipinski definition) is 2. The maximum Gasteiger partial charge on any atom is 0.407 e. The van der Waals surface area contributed by atoms with Crippen molar-refractivity contribution < 1.29 is 14.7 Å². The van der Waals surface area contributed by atoms with Crippen molar-refractivity contribution in [2.45, 2.75) is 37.4 Å². The third kappa shape index (κ3) is 2.25. The van der Waals surface area contributed by atoms with Gasteiger partial charge in [0.15, 0.2) is 0 Å². The first kappa shape index (κ1) is 12.9. The first-order valence-corrected chi connectivity index (χ1v) is 7.74. The van der Waals surface area contributed by atoms with Crippen molar-refractivity contribution in [3.63, 3.8) is 0 Å². The Morgan fingerprint density at radius 2 is 2.21 bits per heavy atom. The van der Waals surface area contributed by atoms with Gasteiger partial charge in [0.05, 0.1) is 20.7 Å². The number of carbonyl (C=O) groups is 2. The Morgan fingerprint density at radius 1 is 1.42 bits per heavy atom. The zero-order chi connectivity index (χ0) is 13.6. The molecule has 1 aromatic rings.